The van der Waals surface area contributed by atoms with Crippen molar-refractivity contribution in [3.05, 3.63) is 29.3 Å². The Balaban J connectivity index is 2.52. The van der Waals surface area contributed by atoms with Crippen molar-refractivity contribution in [1.82, 2.24) is 0 Å². The molecule has 0 fully saturated rings. The van der Waals surface area contributed by atoms with E-state index in [1.165, 1.54) is 0 Å². The van der Waals surface area contributed by atoms with E-state index in [0.717, 1.165) is 16.9 Å². The summed E-state index contributed by atoms with van der Waals surface area (Å²) >= 11 is 0. The standard InChI is InChI=1S/C10H11NO2/c1-13-6-2-3-7-8(4-6)9(11)5-10(7)12/h2-4,9H,5,11H2,1H3/p+1/t9-/m0/s1. The largest absolute Gasteiger partial charge is 0.497 e. The minimum absolute atomic E-state index is 0.0950. The van der Waals surface area contributed by atoms with Crippen molar-refractivity contribution >= 4 is 5.78 Å². The Kier molecular flexibility index (Phi) is 1.81. The lowest BCUT2D eigenvalue weighted by atomic mass is 10.1. The fourth-order valence-corrected chi connectivity index (χ4v) is 1.70. The molecule has 1 aromatic carbocycles. The maximum atomic E-state index is 11.4. The number of carbonyl (C=O) groups excluding carboxylic acids is 1. The molecule has 0 heterocycles. The Morgan fingerprint density at radius 3 is 3.00 bits per heavy atom. The molecule has 0 bridgehead atoms. The van der Waals surface area contributed by atoms with E-state index in [1.54, 1.807) is 7.11 Å². The fourth-order valence-electron chi connectivity index (χ4n) is 1.70. The van der Waals surface area contributed by atoms with E-state index in [1.807, 2.05) is 18.2 Å². The molecule has 1 aliphatic carbocycles. The van der Waals surface area contributed by atoms with Crippen LogP contribution in [0.1, 0.15) is 28.4 Å². The van der Waals surface area contributed by atoms with Gasteiger partial charge in [0, 0.05) is 11.1 Å². The molecular formula is C10H12NO2+. The highest BCUT2D eigenvalue weighted by molar-refractivity contribution is 6.01. The van der Waals surface area contributed by atoms with E-state index in [-0.39, 0.29) is 11.8 Å². The highest BCUT2D eigenvalue weighted by atomic mass is 16.5. The smallest absolute Gasteiger partial charge is 0.169 e. The fraction of sp³-hybridized carbons (Fsp3) is 0.300. The molecule has 0 saturated heterocycles. The van der Waals surface area contributed by atoms with E-state index in [4.69, 9.17) is 4.74 Å². The van der Waals surface area contributed by atoms with Crippen LogP contribution in [0.4, 0.5) is 0 Å². The van der Waals surface area contributed by atoms with Crippen LogP contribution in [-0.2, 0) is 0 Å². The van der Waals surface area contributed by atoms with Crippen molar-refractivity contribution in [3.8, 4) is 5.75 Å². The molecule has 3 N–H and O–H groups in total. The van der Waals surface area contributed by atoms with Gasteiger partial charge in [-0.3, -0.25) is 4.79 Å². The average Bonchev–Trinajstić information content (AvgIpc) is 2.42. The van der Waals surface area contributed by atoms with E-state index in [0.29, 0.717) is 6.42 Å². The average molecular weight is 178 g/mol. The molecule has 3 heteroatoms. The Hall–Kier alpha value is -1.35. The third kappa shape index (κ3) is 1.21. The van der Waals surface area contributed by atoms with Crippen LogP contribution in [0.3, 0.4) is 0 Å². The number of carbonyl (C=O) groups is 1. The monoisotopic (exact) mass is 178 g/mol. The first-order chi connectivity index (χ1) is 6.22. The van der Waals surface area contributed by atoms with E-state index < -0.39 is 0 Å². The summed E-state index contributed by atoms with van der Waals surface area (Å²) in [5.41, 5.74) is 5.75. The predicted molar refractivity (Wildman–Crippen MR) is 47.6 cm³/mol. The van der Waals surface area contributed by atoms with Crippen LogP contribution in [0.25, 0.3) is 0 Å². The van der Waals surface area contributed by atoms with Crippen LogP contribution in [0.2, 0.25) is 0 Å². The van der Waals surface area contributed by atoms with E-state index in [2.05, 4.69) is 5.73 Å². The molecule has 0 radical (unpaired) electrons. The second-order valence-corrected chi connectivity index (χ2v) is 3.28. The van der Waals surface area contributed by atoms with Gasteiger partial charge in [-0.25, -0.2) is 0 Å². The minimum atomic E-state index is 0.0950. The van der Waals surface area contributed by atoms with Gasteiger partial charge in [0.1, 0.15) is 11.8 Å². The third-order valence-corrected chi connectivity index (χ3v) is 2.43. The van der Waals surface area contributed by atoms with Crippen LogP contribution >= 0.6 is 0 Å². The summed E-state index contributed by atoms with van der Waals surface area (Å²) in [5.74, 6) is 0.986. The quantitative estimate of drug-likeness (QED) is 0.683. The first-order valence-corrected chi connectivity index (χ1v) is 4.26. The summed E-state index contributed by atoms with van der Waals surface area (Å²) in [6.07, 6.45) is 0.530. The van der Waals surface area contributed by atoms with Crippen LogP contribution in [-0.4, -0.2) is 12.9 Å². The third-order valence-electron chi connectivity index (χ3n) is 2.43. The molecule has 0 aromatic heterocycles. The lowest BCUT2D eigenvalue weighted by Gasteiger charge is -2.03. The van der Waals surface area contributed by atoms with Crippen molar-refractivity contribution in [2.75, 3.05) is 7.11 Å². The number of hydrogen-bond donors (Lipinski definition) is 1. The van der Waals surface area contributed by atoms with Gasteiger partial charge in [-0.15, -0.1) is 0 Å². The van der Waals surface area contributed by atoms with Crippen LogP contribution in [0.15, 0.2) is 18.2 Å². The van der Waals surface area contributed by atoms with Crippen LogP contribution in [0.5, 0.6) is 5.75 Å². The van der Waals surface area contributed by atoms with E-state index >= 15 is 0 Å². The van der Waals surface area contributed by atoms with Gasteiger partial charge >= 0.3 is 0 Å². The Labute approximate surface area is 76.5 Å². The zero-order valence-corrected chi connectivity index (χ0v) is 7.54. The zero-order chi connectivity index (χ0) is 9.42. The molecule has 1 atom stereocenters. The van der Waals surface area contributed by atoms with Crippen molar-refractivity contribution in [2.45, 2.75) is 12.5 Å². The highest BCUT2D eigenvalue weighted by Gasteiger charge is 2.29. The first-order valence-electron chi connectivity index (χ1n) is 4.26. The lowest BCUT2D eigenvalue weighted by Crippen LogP contribution is -2.52. The van der Waals surface area contributed by atoms with Crippen molar-refractivity contribution in [2.24, 2.45) is 0 Å². The molecule has 68 valence electrons. The van der Waals surface area contributed by atoms with Gasteiger partial charge in [0.15, 0.2) is 5.78 Å². The van der Waals surface area contributed by atoms with Gasteiger partial charge in [0.25, 0.3) is 0 Å². The molecule has 0 spiro atoms. The SMILES string of the molecule is COc1ccc2c(c1)[C@@H]([NH3+])CC2=O. The Morgan fingerprint density at radius 2 is 2.31 bits per heavy atom. The molecule has 0 saturated carbocycles. The second kappa shape index (κ2) is 2.85. The van der Waals surface area contributed by atoms with Gasteiger partial charge < -0.3 is 10.5 Å². The Bertz CT molecular complexity index is 360. The highest BCUT2D eigenvalue weighted by Crippen LogP contribution is 2.30. The van der Waals surface area contributed by atoms with E-state index in [9.17, 15) is 4.79 Å². The number of benzene rings is 1. The van der Waals surface area contributed by atoms with Gasteiger partial charge in [0.2, 0.25) is 0 Å². The number of ether oxygens (including phenoxy) is 1. The summed E-state index contributed by atoms with van der Waals surface area (Å²) in [5, 5.41) is 0. The van der Waals surface area contributed by atoms with Gasteiger partial charge in [0.05, 0.1) is 13.5 Å². The Morgan fingerprint density at radius 1 is 1.54 bits per heavy atom. The molecule has 1 aromatic rings. The molecular weight excluding hydrogens is 166 g/mol. The molecule has 0 aliphatic heterocycles. The van der Waals surface area contributed by atoms with Crippen LogP contribution < -0.4 is 10.5 Å². The minimum Gasteiger partial charge on any atom is -0.497 e. The summed E-state index contributed by atoms with van der Waals surface area (Å²) < 4.78 is 5.08. The normalized spacial score (nSPS) is 20.2. The summed E-state index contributed by atoms with van der Waals surface area (Å²) in [6, 6.07) is 5.63. The lowest BCUT2D eigenvalue weighted by molar-refractivity contribution is -0.423. The summed E-state index contributed by atoms with van der Waals surface area (Å²) in [6.45, 7) is 0. The van der Waals surface area contributed by atoms with Gasteiger partial charge in [-0.2, -0.15) is 0 Å². The molecule has 0 amide bonds. The van der Waals surface area contributed by atoms with Gasteiger partial charge in [-0.05, 0) is 18.2 Å². The predicted octanol–water partition coefficient (Wildman–Crippen LogP) is 0.565. The van der Waals surface area contributed by atoms with Crippen molar-refractivity contribution in [3.63, 3.8) is 0 Å². The zero-order valence-electron chi connectivity index (χ0n) is 7.54. The number of ketones is 1. The number of rotatable bonds is 1. The van der Waals surface area contributed by atoms with Gasteiger partial charge in [-0.1, -0.05) is 0 Å². The van der Waals surface area contributed by atoms with Crippen molar-refractivity contribution < 1.29 is 15.3 Å². The number of quaternary nitrogens is 1. The molecule has 0 unspecified atom stereocenters. The van der Waals surface area contributed by atoms with Crippen LogP contribution in [0, 0.1) is 0 Å². The molecule has 1 aliphatic rings. The number of methoxy groups -OCH3 is 1. The molecule has 2 rings (SSSR count). The second-order valence-electron chi connectivity index (χ2n) is 3.28. The molecule has 3 nitrogen and oxygen atoms in total. The number of hydrogen-bond acceptors (Lipinski definition) is 2. The molecule has 13 heavy (non-hydrogen) atoms. The number of Topliss-reactive ketones (excluding diaryl/α,β-unsaturated/α-hetero) is 1. The number of fused-ring (bicyclic) bond motifs is 1. The maximum Gasteiger partial charge on any atom is 0.169 e. The van der Waals surface area contributed by atoms with Crippen molar-refractivity contribution in [1.29, 1.82) is 0 Å². The summed E-state index contributed by atoms with van der Waals surface area (Å²) in [7, 11) is 1.62. The topological polar surface area (TPSA) is 53.9 Å². The first kappa shape index (κ1) is 8.26. The summed E-state index contributed by atoms with van der Waals surface area (Å²) in [4.78, 5) is 11.4. The maximum absolute atomic E-state index is 11.4.